The summed E-state index contributed by atoms with van der Waals surface area (Å²) in [5, 5.41) is 3.40. The zero-order valence-corrected chi connectivity index (χ0v) is 18.7. The third-order valence-corrected chi connectivity index (χ3v) is 6.20. The molecule has 0 radical (unpaired) electrons. The molecule has 0 saturated carbocycles. The molecule has 0 aliphatic carbocycles. The number of piperidine rings is 1. The Balaban J connectivity index is 1.27. The zero-order chi connectivity index (χ0) is 23.7. The summed E-state index contributed by atoms with van der Waals surface area (Å²) >= 11 is 0. The van der Waals surface area contributed by atoms with Crippen molar-refractivity contribution in [1.29, 1.82) is 0 Å². The van der Waals surface area contributed by atoms with Gasteiger partial charge < -0.3 is 19.9 Å². The predicted octanol–water partition coefficient (Wildman–Crippen LogP) is 4.81. The van der Waals surface area contributed by atoms with Gasteiger partial charge in [-0.25, -0.2) is 4.98 Å². The Bertz CT molecular complexity index is 1160. The molecule has 1 fully saturated rings. The number of fused-ring (bicyclic) bond motifs is 1. The molecule has 0 amide bonds. The largest absolute Gasteiger partial charge is 0.486 e. The highest BCUT2D eigenvalue weighted by molar-refractivity contribution is 5.69. The van der Waals surface area contributed by atoms with E-state index in [4.69, 9.17) is 9.72 Å². The number of ether oxygens (including phenoxy) is 1. The third kappa shape index (κ3) is 4.57. The molecule has 0 spiro atoms. The van der Waals surface area contributed by atoms with Crippen LogP contribution in [0.3, 0.4) is 0 Å². The molecule has 2 aliphatic rings. The van der Waals surface area contributed by atoms with Crippen LogP contribution in [0.1, 0.15) is 24.1 Å². The molecular formula is C24H25F3N6O. The van der Waals surface area contributed by atoms with Crippen LogP contribution in [0.4, 0.5) is 36.3 Å². The monoisotopic (exact) mass is 470 g/mol. The number of benzene rings is 1. The number of nitrogens with one attached hydrogen (secondary N) is 1. The molecular weight excluding hydrogens is 445 g/mol. The molecule has 4 heterocycles. The maximum Gasteiger partial charge on any atom is 0.433 e. The quantitative estimate of drug-likeness (QED) is 0.587. The number of hydrogen-bond acceptors (Lipinski definition) is 7. The first-order valence-corrected chi connectivity index (χ1v) is 11.3. The minimum atomic E-state index is -4.45. The number of aromatic nitrogens is 3. The molecule has 0 unspecified atom stereocenters. The normalized spacial score (nSPS) is 16.7. The first kappa shape index (κ1) is 22.2. The molecule has 178 valence electrons. The fourth-order valence-electron chi connectivity index (χ4n) is 4.42. The van der Waals surface area contributed by atoms with E-state index in [1.54, 1.807) is 12.3 Å². The lowest BCUT2D eigenvalue weighted by Crippen LogP contribution is -2.39. The van der Waals surface area contributed by atoms with E-state index in [0.29, 0.717) is 43.6 Å². The van der Waals surface area contributed by atoms with Gasteiger partial charge in [0.1, 0.15) is 12.3 Å². The lowest BCUT2D eigenvalue weighted by atomic mass is 10.0. The molecule has 34 heavy (non-hydrogen) atoms. The Hall–Kier alpha value is -3.56. The summed E-state index contributed by atoms with van der Waals surface area (Å²) in [5.41, 5.74) is 1.91. The first-order chi connectivity index (χ1) is 16.4. The Morgan fingerprint density at radius 2 is 1.85 bits per heavy atom. The number of halogens is 3. The first-order valence-electron chi connectivity index (χ1n) is 11.3. The van der Waals surface area contributed by atoms with E-state index in [1.165, 1.54) is 6.20 Å². The van der Waals surface area contributed by atoms with Crippen LogP contribution in [0.2, 0.25) is 0 Å². The van der Waals surface area contributed by atoms with Gasteiger partial charge in [-0.15, -0.1) is 0 Å². The van der Waals surface area contributed by atoms with Gasteiger partial charge in [0.2, 0.25) is 5.95 Å². The van der Waals surface area contributed by atoms with E-state index in [-0.39, 0.29) is 6.04 Å². The number of para-hydroxylation sites is 1. The van der Waals surface area contributed by atoms with Gasteiger partial charge in [0.05, 0.1) is 12.7 Å². The highest BCUT2D eigenvalue weighted by Gasteiger charge is 2.33. The van der Waals surface area contributed by atoms with Crippen molar-refractivity contribution in [2.24, 2.45) is 0 Å². The fraction of sp³-hybridized carbons (Fsp3) is 0.375. The Labute approximate surface area is 195 Å². The van der Waals surface area contributed by atoms with Crippen LogP contribution in [0, 0.1) is 6.92 Å². The average Bonchev–Trinajstić information content (AvgIpc) is 2.84. The molecule has 2 aliphatic heterocycles. The molecule has 1 N–H and O–H groups in total. The highest BCUT2D eigenvalue weighted by Crippen LogP contribution is 2.36. The van der Waals surface area contributed by atoms with Crippen molar-refractivity contribution < 1.29 is 17.9 Å². The van der Waals surface area contributed by atoms with E-state index in [1.807, 2.05) is 17.0 Å². The van der Waals surface area contributed by atoms with Crippen molar-refractivity contribution in [2.75, 3.05) is 41.4 Å². The second-order valence-electron chi connectivity index (χ2n) is 8.47. The zero-order valence-electron chi connectivity index (χ0n) is 18.7. The van der Waals surface area contributed by atoms with Gasteiger partial charge in [-0.05, 0) is 43.5 Å². The highest BCUT2D eigenvalue weighted by atomic mass is 19.4. The second-order valence-corrected chi connectivity index (χ2v) is 8.47. The van der Waals surface area contributed by atoms with Gasteiger partial charge in [-0.1, -0.05) is 18.2 Å². The minimum Gasteiger partial charge on any atom is -0.486 e. The van der Waals surface area contributed by atoms with E-state index in [2.05, 4.69) is 39.2 Å². The molecule has 5 rings (SSSR count). The number of anilines is 4. The van der Waals surface area contributed by atoms with Crippen molar-refractivity contribution >= 4 is 23.1 Å². The minimum absolute atomic E-state index is 0.120. The van der Waals surface area contributed by atoms with Gasteiger partial charge >= 0.3 is 6.18 Å². The Morgan fingerprint density at radius 1 is 1.06 bits per heavy atom. The lowest BCUT2D eigenvalue weighted by Gasteiger charge is -2.34. The second kappa shape index (κ2) is 9.00. The summed E-state index contributed by atoms with van der Waals surface area (Å²) in [6, 6.07) is 11.0. The van der Waals surface area contributed by atoms with Crippen LogP contribution in [0.5, 0.6) is 5.75 Å². The predicted molar refractivity (Wildman–Crippen MR) is 124 cm³/mol. The number of aryl methyl sites for hydroxylation is 1. The molecule has 0 atom stereocenters. The van der Waals surface area contributed by atoms with Crippen molar-refractivity contribution in [1.82, 2.24) is 15.0 Å². The van der Waals surface area contributed by atoms with Crippen LogP contribution in [-0.2, 0) is 6.18 Å². The Kier molecular flexibility index (Phi) is 5.89. The van der Waals surface area contributed by atoms with E-state index >= 15 is 0 Å². The molecule has 10 heteroatoms. The summed E-state index contributed by atoms with van der Waals surface area (Å²) in [4.78, 5) is 16.7. The summed E-state index contributed by atoms with van der Waals surface area (Å²) < 4.78 is 44.8. The van der Waals surface area contributed by atoms with Gasteiger partial charge in [0.15, 0.2) is 11.6 Å². The summed E-state index contributed by atoms with van der Waals surface area (Å²) in [6.45, 7) is 4.57. The average molecular weight is 470 g/mol. The van der Waals surface area contributed by atoms with E-state index in [9.17, 15) is 13.2 Å². The summed E-state index contributed by atoms with van der Waals surface area (Å²) in [7, 11) is 0. The number of nitrogens with zero attached hydrogens (tertiary/aromatic N) is 5. The number of rotatable bonds is 4. The van der Waals surface area contributed by atoms with Crippen molar-refractivity contribution in [2.45, 2.75) is 32.0 Å². The van der Waals surface area contributed by atoms with Crippen LogP contribution in [-0.4, -0.2) is 47.2 Å². The topological polar surface area (TPSA) is 66.4 Å². The molecule has 1 aromatic carbocycles. The lowest BCUT2D eigenvalue weighted by molar-refractivity contribution is -0.141. The van der Waals surface area contributed by atoms with Crippen LogP contribution in [0.15, 0.2) is 48.8 Å². The van der Waals surface area contributed by atoms with Gasteiger partial charge in [0.25, 0.3) is 0 Å². The maximum absolute atomic E-state index is 13.0. The standard InChI is InChI=1S/C24H25F3N6O/c1-16-4-2-3-5-19(16)33-12-13-34-20-15-29-23(31-22(20)33)30-17-7-10-32(11-8-17)18-6-9-28-21(14-18)24(25,26)27/h2-6,9,14-15,17H,7-8,10-13H2,1H3,(H,29,30,31). The van der Waals surface area contributed by atoms with Crippen LogP contribution < -0.4 is 19.9 Å². The van der Waals surface area contributed by atoms with Gasteiger partial charge in [-0.3, -0.25) is 4.98 Å². The molecule has 7 nitrogen and oxygen atoms in total. The SMILES string of the molecule is Cc1ccccc1N1CCOc2cnc(NC3CCN(c4ccnc(C(F)(F)F)c4)CC3)nc21. The van der Waals surface area contributed by atoms with Crippen LogP contribution >= 0.6 is 0 Å². The number of pyridine rings is 1. The van der Waals surface area contributed by atoms with Crippen molar-refractivity contribution in [3.63, 3.8) is 0 Å². The maximum atomic E-state index is 13.0. The number of alkyl halides is 3. The molecule has 1 saturated heterocycles. The smallest absolute Gasteiger partial charge is 0.433 e. The number of hydrogen-bond donors (Lipinski definition) is 1. The molecule has 0 bridgehead atoms. The summed E-state index contributed by atoms with van der Waals surface area (Å²) in [5.74, 6) is 1.89. The van der Waals surface area contributed by atoms with E-state index in [0.717, 1.165) is 36.0 Å². The van der Waals surface area contributed by atoms with Gasteiger partial charge in [0, 0.05) is 36.7 Å². The third-order valence-electron chi connectivity index (χ3n) is 6.20. The summed E-state index contributed by atoms with van der Waals surface area (Å²) in [6.07, 6.45) is -0.0363. The Morgan fingerprint density at radius 3 is 2.62 bits per heavy atom. The van der Waals surface area contributed by atoms with E-state index < -0.39 is 11.9 Å². The molecule has 3 aromatic rings. The van der Waals surface area contributed by atoms with Gasteiger partial charge in [-0.2, -0.15) is 18.2 Å². The van der Waals surface area contributed by atoms with Crippen molar-refractivity contribution in [3.8, 4) is 5.75 Å². The van der Waals surface area contributed by atoms with Crippen LogP contribution in [0.25, 0.3) is 0 Å². The van der Waals surface area contributed by atoms with Crippen molar-refractivity contribution in [3.05, 3.63) is 60.0 Å². The fourth-order valence-corrected chi connectivity index (χ4v) is 4.42. The molecule has 2 aromatic heterocycles.